The molecular weight excluding hydrogens is 240 g/mol. The van der Waals surface area contributed by atoms with Gasteiger partial charge in [0.15, 0.2) is 0 Å². The Morgan fingerprint density at radius 2 is 1.90 bits per heavy atom. The molecule has 1 aromatic rings. The Morgan fingerprint density at radius 1 is 1.05 bits per heavy atom. The summed E-state index contributed by atoms with van der Waals surface area (Å²) in [4.78, 5) is 0. The molecule has 0 unspecified atom stereocenters. The first-order valence-corrected chi connectivity index (χ1v) is 6.79. The average molecular weight is 256 g/mol. The van der Waals surface area contributed by atoms with E-state index in [4.69, 9.17) is 0 Å². The summed E-state index contributed by atoms with van der Waals surface area (Å²) in [5.41, 5.74) is 10.5. The summed E-state index contributed by atoms with van der Waals surface area (Å²) in [6.07, 6.45) is 18.7. The van der Waals surface area contributed by atoms with Crippen LogP contribution in [-0.4, -0.2) is 0 Å². The summed E-state index contributed by atoms with van der Waals surface area (Å²) in [7, 11) is 0. The fourth-order valence-corrected chi connectivity index (χ4v) is 2.59. The SMILES string of the molecule is C=Cc1ccc2c(c1/C=C\C)C1=C=C(C=CC=C1)C=C2. The highest BCUT2D eigenvalue weighted by atomic mass is 14.2. The number of allylic oxidation sites excluding steroid dienone is 7. The highest BCUT2D eigenvalue weighted by Gasteiger charge is 2.13. The van der Waals surface area contributed by atoms with Crippen molar-refractivity contribution < 1.29 is 0 Å². The molecule has 2 bridgehead atoms. The van der Waals surface area contributed by atoms with Gasteiger partial charge in [-0.2, -0.15) is 0 Å². The molecular formula is C20H16. The Bertz CT molecular complexity index is 755. The first-order chi connectivity index (χ1) is 9.83. The second-order valence-electron chi connectivity index (χ2n) is 4.78. The molecule has 20 heavy (non-hydrogen) atoms. The summed E-state index contributed by atoms with van der Waals surface area (Å²) in [5.74, 6) is 0. The highest BCUT2D eigenvalue weighted by molar-refractivity contribution is 5.90. The van der Waals surface area contributed by atoms with Gasteiger partial charge in [0.2, 0.25) is 0 Å². The van der Waals surface area contributed by atoms with Gasteiger partial charge in [-0.05, 0) is 41.8 Å². The number of hydrogen-bond acceptors (Lipinski definition) is 0. The molecule has 2 aliphatic carbocycles. The quantitative estimate of drug-likeness (QED) is 0.619. The Kier molecular flexibility index (Phi) is 3.25. The van der Waals surface area contributed by atoms with Gasteiger partial charge in [0, 0.05) is 16.7 Å². The molecule has 0 nitrogen and oxygen atoms in total. The van der Waals surface area contributed by atoms with Gasteiger partial charge in [0.25, 0.3) is 0 Å². The van der Waals surface area contributed by atoms with E-state index >= 15 is 0 Å². The molecule has 3 rings (SSSR count). The smallest absolute Gasteiger partial charge is 0.0255 e. The Hall–Kier alpha value is -2.56. The van der Waals surface area contributed by atoms with Crippen molar-refractivity contribution in [3.63, 3.8) is 0 Å². The molecule has 0 heteroatoms. The van der Waals surface area contributed by atoms with Crippen LogP contribution in [-0.2, 0) is 0 Å². The van der Waals surface area contributed by atoms with E-state index in [1.165, 1.54) is 16.7 Å². The van der Waals surface area contributed by atoms with E-state index in [0.29, 0.717) is 0 Å². The molecule has 0 spiro atoms. The number of benzene rings is 1. The van der Waals surface area contributed by atoms with Gasteiger partial charge in [0.1, 0.15) is 0 Å². The largest absolute Gasteiger partial charge is 0.104 e. The van der Waals surface area contributed by atoms with Gasteiger partial charge < -0.3 is 0 Å². The van der Waals surface area contributed by atoms with Crippen LogP contribution < -0.4 is 0 Å². The van der Waals surface area contributed by atoms with E-state index in [9.17, 15) is 0 Å². The lowest BCUT2D eigenvalue weighted by Crippen LogP contribution is -1.94. The van der Waals surface area contributed by atoms with Crippen molar-refractivity contribution in [2.45, 2.75) is 6.92 Å². The van der Waals surface area contributed by atoms with Crippen molar-refractivity contribution in [3.8, 4) is 0 Å². The van der Waals surface area contributed by atoms with Crippen molar-refractivity contribution in [1.29, 1.82) is 0 Å². The third kappa shape index (κ3) is 2.07. The van der Waals surface area contributed by atoms with Crippen molar-refractivity contribution in [3.05, 3.63) is 88.7 Å². The molecule has 0 aromatic heterocycles. The molecule has 0 aliphatic heterocycles. The second kappa shape index (κ2) is 5.21. The molecule has 96 valence electrons. The predicted molar refractivity (Wildman–Crippen MR) is 89.0 cm³/mol. The van der Waals surface area contributed by atoms with Crippen molar-refractivity contribution in [1.82, 2.24) is 0 Å². The molecule has 1 aromatic carbocycles. The van der Waals surface area contributed by atoms with Gasteiger partial charge in [-0.3, -0.25) is 0 Å². The van der Waals surface area contributed by atoms with Crippen LogP contribution in [0, 0.1) is 0 Å². The van der Waals surface area contributed by atoms with Gasteiger partial charge >= 0.3 is 0 Å². The average Bonchev–Trinajstić information content (AvgIpc) is 2.80. The van der Waals surface area contributed by atoms with Crippen molar-refractivity contribution >= 4 is 23.8 Å². The first kappa shape index (κ1) is 12.5. The van der Waals surface area contributed by atoms with Gasteiger partial charge in [0.05, 0.1) is 0 Å². The fraction of sp³-hybridized carbons (Fsp3) is 0.0500. The summed E-state index contributed by atoms with van der Waals surface area (Å²) in [6, 6.07) is 4.28. The zero-order chi connectivity index (χ0) is 13.9. The van der Waals surface area contributed by atoms with E-state index < -0.39 is 0 Å². The molecule has 0 amide bonds. The predicted octanol–water partition coefficient (Wildman–Crippen LogP) is 5.42. The minimum absolute atomic E-state index is 1.10. The van der Waals surface area contributed by atoms with Crippen LogP contribution in [0.2, 0.25) is 0 Å². The maximum atomic E-state index is 3.93. The van der Waals surface area contributed by atoms with E-state index in [0.717, 1.165) is 16.7 Å². The molecule has 0 saturated heterocycles. The van der Waals surface area contributed by atoms with E-state index in [-0.39, 0.29) is 0 Å². The van der Waals surface area contributed by atoms with Gasteiger partial charge in [-0.15, -0.1) is 5.73 Å². The van der Waals surface area contributed by atoms with Crippen LogP contribution in [0.5, 0.6) is 0 Å². The lowest BCUT2D eigenvalue weighted by atomic mass is 9.90. The van der Waals surface area contributed by atoms with Crippen molar-refractivity contribution in [2.75, 3.05) is 0 Å². The molecule has 0 radical (unpaired) electrons. The monoisotopic (exact) mass is 256 g/mol. The number of hydrogen-bond donors (Lipinski definition) is 0. The van der Waals surface area contributed by atoms with Gasteiger partial charge in [-0.25, -0.2) is 0 Å². The van der Waals surface area contributed by atoms with Crippen LogP contribution in [0.1, 0.15) is 29.2 Å². The summed E-state index contributed by atoms with van der Waals surface area (Å²) >= 11 is 0. The molecule has 0 saturated carbocycles. The summed E-state index contributed by atoms with van der Waals surface area (Å²) in [6.45, 7) is 5.97. The third-order valence-electron chi connectivity index (χ3n) is 3.51. The minimum atomic E-state index is 1.10. The summed E-state index contributed by atoms with van der Waals surface area (Å²) in [5, 5.41) is 0. The molecule has 2 aliphatic rings. The zero-order valence-corrected chi connectivity index (χ0v) is 11.6. The van der Waals surface area contributed by atoms with E-state index in [2.05, 4.69) is 73.1 Å². The lowest BCUT2D eigenvalue weighted by molar-refractivity contribution is 1.51. The number of rotatable bonds is 2. The maximum absolute atomic E-state index is 3.93. The zero-order valence-electron chi connectivity index (χ0n) is 11.6. The minimum Gasteiger partial charge on any atom is -0.104 e. The van der Waals surface area contributed by atoms with Crippen LogP contribution in [0.4, 0.5) is 0 Å². The lowest BCUT2D eigenvalue weighted by Gasteiger charge is -2.13. The van der Waals surface area contributed by atoms with E-state index in [1.54, 1.807) is 0 Å². The highest BCUT2D eigenvalue weighted by Crippen LogP contribution is 2.32. The number of fused-ring (bicyclic) bond motifs is 2. The van der Waals surface area contributed by atoms with Crippen LogP contribution in [0.3, 0.4) is 0 Å². The molecule has 0 atom stereocenters. The fourth-order valence-electron chi connectivity index (χ4n) is 2.59. The first-order valence-electron chi connectivity index (χ1n) is 6.79. The maximum Gasteiger partial charge on any atom is 0.0255 e. The Morgan fingerprint density at radius 3 is 2.70 bits per heavy atom. The standard InChI is InChI=1S/C20H16/c1-3-7-19-16(4-2)12-13-17-11-10-15-8-5-6-9-18(14-15)20(17)19/h3-13H,2H2,1H3/b7-3-. The normalized spacial score (nSPS) is 15.4. The Balaban J connectivity index is 2.38. The summed E-state index contributed by atoms with van der Waals surface area (Å²) < 4.78 is 0. The molecule has 0 heterocycles. The Labute approximate surface area is 120 Å². The molecule has 0 N–H and O–H groups in total. The van der Waals surface area contributed by atoms with Crippen molar-refractivity contribution in [2.24, 2.45) is 0 Å². The van der Waals surface area contributed by atoms with E-state index in [1.807, 2.05) is 13.0 Å². The van der Waals surface area contributed by atoms with Crippen LogP contribution in [0.25, 0.3) is 23.8 Å². The second-order valence-corrected chi connectivity index (χ2v) is 4.78. The van der Waals surface area contributed by atoms with Crippen LogP contribution >= 0.6 is 0 Å². The van der Waals surface area contributed by atoms with Crippen LogP contribution in [0.15, 0.2) is 66.5 Å². The molecule has 0 fully saturated rings. The van der Waals surface area contributed by atoms with Gasteiger partial charge in [-0.1, -0.05) is 55.2 Å². The topological polar surface area (TPSA) is 0 Å². The third-order valence-corrected chi connectivity index (χ3v) is 3.51.